The van der Waals surface area contributed by atoms with Gasteiger partial charge in [-0.3, -0.25) is 9.59 Å². The summed E-state index contributed by atoms with van der Waals surface area (Å²) in [5.41, 5.74) is 2.93. The summed E-state index contributed by atoms with van der Waals surface area (Å²) in [6.07, 6.45) is 3.19. The third-order valence-corrected chi connectivity index (χ3v) is 5.84. The molecule has 2 aromatic carbocycles. The first kappa shape index (κ1) is 19.4. The molecule has 0 saturated carbocycles. The van der Waals surface area contributed by atoms with Crippen molar-refractivity contribution in [2.24, 2.45) is 5.92 Å². The van der Waals surface area contributed by atoms with E-state index < -0.39 is 11.7 Å². The Labute approximate surface area is 170 Å². The number of carbonyl (C=O) groups is 2. The fourth-order valence-corrected chi connectivity index (χ4v) is 4.13. The van der Waals surface area contributed by atoms with Gasteiger partial charge in [-0.05, 0) is 49.1 Å². The van der Waals surface area contributed by atoms with Gasteiger partial charge in [-0.1, -0.05) is 25.1 Å². The molecule has 2 aromatic rings. The molecule has 0 bridgehead atoms. The number of nitrogens with one attached hydrogen (secondary N) is 1. The van der Waals surface area contributed by atoms with Crippen LogP contribution in [0.15, 0.2) is 42.5 Å². The van der Waals surface area contributed by atoms with Crippen LogP contribution < -0.4 is 15.1 Å². The summed E-state index contributed by atoms with van der Waals surface area (Å²) in [5, 5.41) is 2.77. The molecule has 4 rings (SSSR count). The zero-order valence-electron chi connectivity index (χ0n) is 16.7. The maximum Gasteiger partial charge on any atom is 0.229 e. The molecule has 2 aliphatic rings. The lowest BCUT2D eigenvalue weighted by atomic mass is 10.1. The maximum absolute atomic E-state index is 14.5. The van der Waals surface area contributed by atoms with Crippen molar-refractivity contribution in [3.8, 4) is 0 Å². The molecule has 2 aliphatic heterocycles. The van der Waals surface area contributed by atoms with Crippen LogP contribution in [0, 0.1) is 11.7 Å². The first-order valence-corrected chi connectivity index (χ1v) is 10.3. The molecule has 6 heteroatoms. The molecule has 2 heterocycles. The van der Waals surface area contributed by atoms with Crippen LogP contribution >= 0.6 is 0 Å². The topological polar surface area (TPSA) is 52.7 Å². The molecule has 2 amide bonds. The third kappa shape index (κ3) is 3.97. The lowest BCUT2D eigenvalue weighted by Gasteiger charge is -2.23. The number of rotatable bonds is 5. The van der Waals surface area contributed by atoms with Crippen LogP contribution in [0.1, 0.15) is 31.7 Å². The third-order valence-electron chi connectivity index (χ3n) is 5.84. The number of benzene rings is 2. The molecular formula is C23H26FN3O2. The zero-order valence-corrected chi connectivity index (χ0v) is 16.7. The van der Waals surface area contributed by atoms with E-state index in [-0.39, 0.29) is 23.9 Å². The summed E-state index contributed by atoms with van der Waals surface area (Å²) in [6, 6.07) is 12.7. The van der Waals surface area contributed by atoms with Crippen LogP contribution in [0.5, 0.6) is 0 Å². The molecule has 1 N–H and O–H groups in total. The fraction of sp³-hybridized carbons (Fsp3) is 0.391. The Morgan fingerprint density at radius 2 is 1.86 bits per heavy atom. The van der Waals surface area contributed by atoms with Gasteiger partial charge in [0.05, 0.1) is 11.6 Å². The molecule has 2 saturated heterocycles. The van der Waals surface area contributed by atoms with Crippen molar-refractivity contribution < 1.29 is 14.0 Å². The van der Waals surface area contributed by atoms with Crippen LogP contribution in [-0.2, 0) is 16.0 Å². The van der Waals surface area contributed by atoms with Gasteiger partial charge in [0.1, 0.15) is 11.5 Å². The van der Waals surface area contributed by atoms with E-state index in [0.29, 0.717) is 12.2 Å². The summed E-state index contributed by atoms with van der Waals surface area (Å²) in [5.74, 6) is -1.34. The van der Waals surface area contributed by atoms with E-state index in [9.17, 15) is 14.0 Å². The van der Waals surface area contributed by atoms with Gasteiger partial charge in [-0.15, -0.1) is 0 Å². The second-order valence-corrected chi connectivity index (χ2v) is 7.74. The lowest BCUT2D eigenvalue weighted by Crippen LogP contribution is -2.29. The number of hydrogen-bond acceptors (Lipinski definition) is 3. The molecule has 0 spiro atoms. The maximum atomic E-state index is 14.5. The second kappa shape index (κ2) is 8.23. The van der Waals surface area contributed by atoms with Crippen molar-refractivity contribution in [3.05, 3.63) is 53.8 Å². The van der Waals surface area contributed by atoms with E-state index in [1.807, 2.05) is 30.3 Å². The Bertz CT molecular complexity index is 907. The van der Waals surface area contributed by atoms with Crippen LogP contribution in [0.2, 0.25) is 0 Å². The SMILES string of the molecule is CCc1ccc(N2CC(C(=O)Nc3c(F)cccc3N3CCCC3)CC2=O)cc1. The number of aryl methyl sites for hydroxylation is 1. The lowest BCUT2D eigenvalue weighted by molar-refractivity contribution is -0.122. The average molecular weight is 395 g/mol. The molecule has 0 aliphatic carbocycles. The standard InChI is InChI=1S/C23H26FN3O2/c1-2-16-8-10-18(11-9-16)27-15-17(14-21(27)28)23(29)25-22-19(24)6-5-7-20(22)26-12-3-4-13-26/h5-11,17H,2-4,12-15H2,1H3,(H,25,29). The number of nitrogens with zero attached hydrogens (tertiary/aromatic N) is 2. The first-order valence-electron chi connectivity index (χ1n) is 10.3. The van der Waals surface area contributed by atoms with Gasteiger partial charge in [0.15, 0.2) is 0 Å². The highest BCUT2D eigenvalue weighted by molar-refractivity contribution is 6.04. The predicted molar refractivity (Wildman–Crippen MR) is 113 cm³/mol. The summed E-state index contributed by atoms with van der Waals surface area (Å²) in [7, 11) is 0. The molecule has 152 valence electrons. The highest BCUT2D eigenvalue weighted by atomic mass is 19.1. The highest BCUT2D eigenvalue weighted by Gasteiger charge is 2.35. The van der Waals surface area contributed by atoms with Gasteiger partial charge in [-0.25, -0.2) is 4.39 Å². The average Bonchev–Trinajstić information content (AvgIpc) is 3.39. The van der Waals surface area contributed by atoms with Crippen LogP contribution in [0.4, 0.5) is 21.5 Å². The van der Waals surface area contributed by atoms with Crippen LogP contribution in [-0.4, -0.2) is 31.4 Å². The van der Waals surface area contributed by atoms with Crippen molar-refractivity contribution in [1.29, 1.82) is 0 Å². The monoisotopic (exact) mass is 395 g/mol. The zero-order chi connectivity index (χ0) is 20.4. The molecule has 1 atom stereocenters. The van der Waals surface area contributed by atoms with Gasteiger partial charge >= 0.3 is 0 Å². The van der Waals surface area contributed by atoms with Gasteiger partial charge in [0.2, 0.25) is 11.8 Å². The smallest absolute Gasteiger partial charge is 0.229 e. The highest BCUT2D eigenvalue weighted by Crippen LogP contribution is 2.33. The Morgan fingerprint density at radius 3 is 2.55 bits per heavy atom. The molecule has 29 heavy (non-hydrogen) atoms. The van der Waals surface area contributed by atoms with Crippen molar-refractivity contribution in [1.82, 2.24) is 0 Å². The van der Waals surface area contributed by atoms with Crippen LogP contribution in [0.25, 0.3) is 0 Å². The first-order chi connectivity index (χ1) is 14.1. The summed E-state index contributed by atoms with van der Waals surface area (Å²) in [6.45, 7) is 4.10. The van der Waals surface area contributed by atoms with E-state index in [1.165, 1.54) is 11.6 Å². The van der Waals surface area contributed by atoms with E-state index in [2.05, 4.69) is 17.1 Å². The molecule has 0 radical (unpaired) electrons. The minimum Gasteiger partial charge on any atom is -0.370 e. The number of anilines is 3. The number of carbonyl (C=O) groups excluding carboxylic acids is 2. The van der Waals surface area contributed by atoms with Gasteiger partial charge in [0, 0.05) is 31.7 Å². The van der Waals surface area contributed by atoms with Crippen molar-refractivity contribution in [2.45, 2.75) is 32.6 Å². The molecule has 5 nitrogen and oxygen atoms in total. The van der Waals surface area contributed by atoms with Crippen molar-refractivity contribution >= 4 is 28.9 Å². The minimum atomic E-state index is -0.501. The normalized spacial score (nSPS) is 19.1. The minimum absolute atomic E-state index is 0.0808. The van der Waals surface area contributed by atoms with Gasteiger partial charge < -0.3 is 15.1 Å². The Hall–Kier alpha value is -2.89. The Balaban J connectivity index is 1.49. The quantitative estimate of drug-likeness (QED) is 0.833. The predicted octanol–water partition coefficient (Wildman–Crippen LogP) is 3.98. The van der Waals surface area contributed by atoms with Gasteiger partial charge in [0.25, 0.3) is 0 Å². The van der Waals surface area contributed by atoms with E-state index in [1.54, 1.807) is 11.0 Å². The molecule has 1 unspecified atom stereocenters. The van der Waals surface area contributed by atoms with E-state index in [0.717, 1.165) is 38.0 Å². The second-order valence-electron chi connectivity index (χ2n) is 7.74. The number of hydrogen-bond donors (Lipinski definition) is 1. The summed E-state index contributed by atoms with van der Waals surface area (Å²) in [4.78, 5) is 29.1. The fourth-order valence-electron chi connectivity index (χ4n) is 4.13. The summed E-state index contributed by atoms with van der Waals surface area (Å²) < 4.78 is 14.5. The molecule has 2 fully saturated rings. The number of halogens is 1. The molecular weight excluding hydrogens is 369 g/mol. The number of amides is 2. The van der Waals surface area contributed by atoms with Gasteiger partial charge in [-0.2, -0.15) is 0 Å². The van der Waals surface area contributed by atoms with Crippen molar-refractivity contribution in [2.75, 3.05) is 34.8 Å². The molecule has 0 aromatic heterocycles. The van der Waals surface area contributed by atoms with Crippen molar-refractivity contribution in [3.63, 3.8) is 0 Å². The number of para-hydroxylation sites is 1. The summed E-state index contributed by atoms with van der Waals surface area (Å²) >= 11 is 0. The van der Waals surface area contributed by atoms with E-state index in [4.69, 9.17) is 0 Å². The Morgan fingerprint density at radius 1 is 1.14 bits per heavy atom. The van der Waals surface area contributed by atoms with Crippen LogP contribution in [0.3, 0.4) is 0 Å². The van der Waals surface area contributed by atoms with E-state index >= 15 is 0 Å². The largest absolute Gasteiger partial charge is 0.370 e. The Kier molecular flexibility index (Phi) is 5.51.